The highest BCUT2D eigenvalue weighted by Gasteiger charge is 2.19. The second-order valence-corrected chi connectivity index (χ2v) is 7.97. The van der Waals surface area contributed by atoms with Crippen LogP contribution in [0, 0.1) is 0 Å². The monoisotopic (exact) mass is 387 g/mol. The summed E-state index contributed by atoms with van der Waals surface area (Å²) >= 11 is 0. The van der Waals surface area contributed by atoms with Gasteiger partial charge in [0.1, 0.15) is 11.3 Å². The molecule has 1 unspecified atom stereocenters. The van der Waals surface area contributed by atoms with Crippen LogP contribution < -0.4 is 16.0 Å². The van der Waals surface area contributed by atoms with E-state index < -0.39 is 0 Å². The number of benzene rings is 1. The number of nitrogens with zero attached hydrogens (tertiary/aromatic N) is 5. The Labute approximate surface area is 169 Å². The Kier molecular flexibility index (Phi) is 4.32. The summed E-state index contributed by atoms with van der Waals surface area (Å²) in [7, 11) is 0. The number of anilines is 3. The van der Waals surface area contributed by atoms with E-state index in [9.17, 15) is 0 Å². The molecule has 7 nitrogen and oxygen atoms in total. The van der Waals surface area contributed by atoms with E-state index in [1.54, 1.807) is 0 Å². The number of rotatable bonds is 4. The molecule has 3 aromatic heterocycles. The average Bonchev–Trinajstić information content (AvgIpc) is 3.35. The first-order valence-corrected chi connectivity index (χ1v) is 10.1. The van der Waals surface area contributed by atoms with Crippen molar-refractivity contribution in [2.24, 2.45) is 5.73 Å². The minimum Gasteiger partial charge on any atom is -0.369 e. The van der Waals surface area contributed by atoms with E-state index >= 15 is 0 Å². The molecular formula is C22H25N7. The lowest BCUT2D eigenvalue weighted by atomic mass is 10.2. The minimum absolute atomic E-state index is 0.250. The Morgan fingerprint density at radius 2 is 1.93 bits per heavy atom. The van der Waals surface area contributed by atoms with Gasteiger partial charge in [-0.2, -0.15) is 0 Å². The predicted molar refractivity (Wildman–Crippen MR) is 118 cm³/mol. The molecule has 1 aromatic carbocycles. The Bertz CT molecular complexity index is 1160. The Morgan fingerprint density at radius 1 is 1.07 bits per heavy atom. The molecule has 7 heteroatoms. The van der Waals surface area contributed by atoms with Crippen molar-refractivity contribution < 1.29 is 0 Å². The third-order valence-electron chi connectivity index (χ3n) is 5.56. The first-order valence-electron chi connectivity index (χ1n) is 10.1. The molecular weight excluding hydrogens is 362 g/mol. The van der Waals surface area contributed by atoms with Crippen LogP contribution in [0.25, 0.3) is 21.8 Å². The van der Waals surface area contributed by atoms with E-state index in [1.807, 2.05) is 18.5 Å². The summed E-state index contributed by atoms with van der Waals surface area (Å²) in [5.41, 5.74) is 9.19. The smallest absolute Gasteiger partial charge is 0.228 e. The summed E-state index contributed by atoms with van der Waals surface area (Å²) in [6.07, 6.45) is 6.89. The van der Waals surface area contributed by atoms with Gasteiger partial charge in [-0.15, -0.1) is 0 Å². The zero-order valence-corrected chi connectivity index (χ0v) is 16.7. The molecule has 1 atom stereocenters. The average molecular weight is 387 g/mol. The number of hydrogen-bond acceptors (Lipinski definition) is 6. The van der Waals surface area contributed by atoms with Gasteiger partial charge in [-0.3, -0.25) is 0 Å². The van der Waals surface area contributed by atoms with E-state index in [2.05, 4.69) is 69.1 Å². The van der Waals surface area contributed by atoms with Gasteiger partial charge in [-0.25, -0.2) is 15.0 Å². The van der Waals surface area contributed by atoms with Gasteiger partial charge in [-0.1, -0.05) is 12.1 Å². The molecule has 148 valence electrons. The fourth-order valence-corrected chi connectivity index (χ4v) is 4.01. The first kappa shape index (κ1) is 17.9. The fourth-order valence-electron chi connectivity index (χ4n) is 4.01. The summed E-state index contributed by atoms with van der Waals surface area (Å²) in [5, 5.41) is 5.45. The van der Waals surface area contributed by atoms with Gasteiger partial charge in [0, 0.05) is 48.3 Å². The molecule has 4 heterocycles. The highest BCUT2D eigenvalue weighted by molar-refractivity contribution is 6.03. The quantitative estimate of drug-likeness (QED) is 0.553. The zero-order valence-electron chi connectivity index (χ0n) is 16.7. The van der Waals surface area contributed by atoms with Crippen molar-refractivity contribution in [2.45, 2.75) is 32.4 Å². The van der Waals surface area contributed by atoms with Crippen molar-refractivity contribution in [3.63, 3.8) is 0 Å². The van der Waals surface area contributed by atoms with Crippen LogP contribution in [0.4, 0.5) is 17.5 Å². The summed E-state index contributed by atoms with van der Waals surface area (Å²) < 4.78 is 2.25. The van der Waals surface area contributed by atoms with E-state index in [0.717, 1.165) is 47.4 Å². The van der Waals surface area contributed by atoms with Crippen molar-refractivity contribution in [3.05, 3.63) is 48.9 Å². The van der Waals surface area contributed by atoms with Gasteiger partial charge in [0.25, 0.3) is 0 Å². The highest BCUT2D eigenvalue weighted by Crippen LogP contribution is 2.28. The van der Waals surface area contributed by atoms with E-state index in [0.29, 0.717) is 12.0 Å². The molecule has 3 N–H and O–H groups in total. The molecule has 29 heavy (non-hydrogen) atoms. The standard InChI is InChI=1S/C22H25N7/c1-14(2)29-10-7-15-3-4-16-11-25-22(27-20(16)21(15)29)26-19-6-5-18(12-24-19)28-9-8-17(23)13-28/h3-7,10-12,14,17H,8-9,13,23H2,1-2H3,(H,24,25,26,27). The third-order valence-corrected chi connectivity index (χ3v) is 5.56. The summed E-state index contributed by atoms with van der Waals surface area (Å²) in [6.45, 7) is 6.22. The van der Waals surface area contributed by atoms with Crippen LogP contribution in [0.1, 0.15) is 26.3 Å². The number of pyridine rings is 1. The van der Waals surface area contributed by atoms with Crippen molar-refractivity contribution >= 4 is 39.3 Å². The van der Waals surface area contributed by atoms with Crippen LogP contribution in [0.3, 0.4) is 0 Å². The number of nitrogens with two attached hydrogens (primary N) is 1. The van der Waals surface area contributed by atoms with Gasteiger partial charge in [0.15, 0.2) is 0 Å². The van der Waals surface area contributed by atoms with Gasteiger partial charge >= 0.3 is 0 Å². The topological polar surface area (TPSA) is 84.9 Å². The molecule has 0 bridgehead atoms. The predicted octanol–water partition coefficient (Wildman–Crippen LogP) is 3.84. The summed E-state index contributed by atoms with van der Waals surface area (Å²) in [6, 6.07) is 11.0. The SMILES string of the molecule is CC(C)n1ccc2ccc3cnc(Nc4ccc(N5CCC(N)C5)cn4)nc3c21. The molecule has 4 aromatic rings. The molecule has 0 amide bonds. The van der Waals surface area contributed by atoms with Crippen LogP contribution in [-0.4, -0.2) is 38.7 Å². The molecule has 1 aliphatic rings. The Morgan fingerprint density at radius 3 is 2.66 bits per heavy atom. The van der Waals surface area contributed by atoms with Crippen molar-refractivity contribution in [1.29, 1.82) is 0 Å². The van der Waals surface area contributed by atoms with Gasteiger partial charge in [-0.05, 0) is 38.5 Å². The van der Waals surface area contributed by atoms with Crippen molar-refractivity contribution in [2.75, 3.05) is 23.3 Å². The molecule has 5 rings (SSSR count). The molecule has 1 aliphatic heterocycles. The second-order valence-electron chi connectivity index (χ2n) is 7.97. The third kappa shape index (κ3) is 3.27. The van der Waals surface area contributed by atoms with Crippen LogP contribution >= 0.6 is 0 Å². The van der Waals surface area contributed by atoms with E-state index in [1.165, 1.54) is 5.39 Å². The molecule has 0 radical (unpaired) electrons. The van der Waals surface area contributed by atoms with Crippen LogP contribution in [0.5, 0.6) is 0 Å². The van der Waals surface area contributed by atoms with Crippen LogP contribution in [-0.2, 0) is 0 Å². The number of hydrogen-bond donors (Lipinski definition) is 2. The first-order chi connectivity index (χ1) is 14.1. The Balaban J connectivity index is 1.46. The lowest BCUT2D eigenvalue weighted by molar-refractivity contribution is 0.624. The largest absolute Gasteiger partial charge is 0.369 e. The number of aromatic nitrogens is 4. The second kappa shape index (κ2) is 7.00. The van der Waals surface area contributed by atoms with Crippen molar-refractivity contribution in [1.82, 2.24) is 19.5 Å². The van der Waals surface area contributed by atoms with Crippen molar-refractivity contribution in [3.8, 4) is 0 Å². The van der Waals surface area contributed by atoms with E-state index in [4.69, 9.17) is 10.7 Å². The van der Waals surface area contributed by atoms with Gasteiger partial charge in [0.05, 0.1) is 17.4 Å². The molecule has 0 spiro atoms. The number of fused-ring (bicyclic) bond motifs is 3. The maximum absolute atomic E-state index is 6.01. The lowest BCUT2D eigenvalue weighted by Crippen LogP contribution is -2.26. The van der Waals surface area contributed by atoms with Crippen LogP contribution in [0.2, 0.25) is 0 Å². The van der Waals surface area contributed by atoms with Gasteiger partial charge in [0.2, 0.25) is 5.95 Å². The molecule has 1 fully saturated rings. The molecule has 0 saturated carbocycles. The minimum atomic E-state index is 0.250. The van der Waals surface area contributed by atoms with Gasteiger partial charge < -0.3 is 20.5 Å². The van der Waals surface area contributed by atoms with E-state index in [-0.39, 0.29) is 6.04 Å². The summed E-state index contributed by atoms with van der Waals surface area (Å²) in [4.78, 5) is 16.1. The van der Waals surface area contributed by atoms with Crippen LogP contribution in [0.15, 0.2) is 48.9 Å². The maximum atomic E-state index is 6.01. The Hall–Kier alpha value is -3.19. The summed E-state index contributed by atoms with van der Waals surface area (Å²) in [5.74, 6) is 1.27. The lowest BCUT2D eigenvalue weighted by Gasteiger charge is -2.17. The normalized spacial score (nSPS) is 17.0. The fraction of sp³-hybridized carbons (Fsp3) is 0.318. The molecule has 1 saturated heterocycles. The number of nitrogens with one attached hydrogen (secondary N) is 1. The molecule has 0 aliphatic carbocycles. The zero-order chi connectivity index (χ0) is 20.0. The highest BCUT2D eigenvalue weighted by atomic mass is 15.2. The maximum Gasteiger partial charge on any atom is 0.228 e.